The average molecular weight is 297 g/mol. The molecule has 2 aromatic carbocycles. The zero-order chi connectivity index (χ0) is 15.7. The number of benzene rings is 2. The number of nitrogens with zero attached hydrogens (tertiary/aromatic N) is 1. The van der Waals surface area contributed by atoms with Gasteiger partial charge in [0.25, 0.3) is 0 Å². The van der Waals surface area contributed by atoms with Crippen LogP contribution in [0.25, 0.3) is 22.6 Å². The van der Waals surface area contributed by atoms with Crippen LogP contribution < -0.4 is 0 Å². The molecule has 3 nitrogen and oxygen atoms in total. The Morgan fingerprint density at radius 3 is 2.59 bits per heavy atom. The Morgan fingerprint density at radius 2 is 1.91 bits per heavy atom. The fourth-order valence-corrected chi connectivity index (χ4v) is 2.19. The third-order valence-electron chi connectivity index (χ3n) is 3.57. The van der Waals surface area contributed by atoms with E-state index in [0.717, 1.165) is 11.1 Å². The highest BCUT2D eigenvalue weighted by Crippen LogP contribution is 2.25. The lowest BCUT2D eigenvalue weighted by Gasteiger charge is -2.04. The molecule has 0 fully saturated rings. The van der Waals surface area contributed by atoms with Crippen molar-refractivity contribution >= 4 is 16.9 Å². The Bertz CT molecular complexity index is 819. The van der Waals surface area contributed by atoms with Crippen LogP contribution in [0.15, 0.2) is 46.9 Å². The van der Waals surface area contributed by atoms with Crippen LogP contribution in [0.5, 0.6) is 0 Å². The maximum atomic E-state index is 13.2. The van der Waals surface area contributed by atoms with E-state index in [2.05, 4.69) is 4.98 Å². The smallest absolute Gasteiger partial charge is 0.227 e. The van der Waals surface area contributed by atoms with Gasteiger partial charge >= 0.3 is 0 Å². The van der Waals surface area contributed by atoms with Crippen LogP contribution >= 0.6 is 0 Å². The van der Waals surface area contributed by atoms with Crippen molar-refractivity contribution in [3.05, 3.63) is 53.8 Å². The number of hydrogen-bond acceptors (Lipinski definition) is 3. The van der Waals surface area contributed by atoms with E-state index in [9.17, 15) is 9.18 Å². The normalized spacial score (nSPS) is 11.3. The molecule has 3 aromatic rings. The van der Waals surface area contributed by atoms with Crippen LogP contribution in [-0.4, -0.2) is 10.8 Å². The van der Waals surface area contributed by atoms with Crippen LogP contribution in [0, 0.1) is 11.7 Å². The molecule has 1 heterocycles. The average Bonchev–Trinajstić information content (AvgIpc) is 2.90. The van der Waals surface area contributed by atoms with Gasteiger partial charge in [-0.25, -0.2) is 9.37 Å². The second-order valence-electron chi connectivity index (χ2n) is 5.63. The number of oxazole rings is 1. The summed E-state index contributed by atoms with van der Waals surface area (Å²) in [5.74, 6) is 0.344. The summed E-state index contributed by atoms with van der Waals surface area (Å²) >= 11 is 0. The maximum absolute atomic E-state index is 13.2. The molecule has 22 heavy (non-hydrogen) atoms. The zero-order valence-electron chi connectivity index (χ0n) is 12.5. The molecule has 0 bridgehead atoms. The standard InChI is InChI=1S/C18H16FNO2/c1-11(2)16(21)9-12-3-5-13(6-4-12)18-20-15-8-7-14(19)10-17(15)22-18/h3-8,10-11H,9H2,1-2H3. The quantitative estimate of drug-likeness (QED) is 0.716. The molecule has 0 amide bonds. The highest BCUT2D eigenvalue weighted by molar-refractivity contribution is 5.82. The summed E-state index contributed by atoms with van der Waals surface area (Å²) in [6.07, 6.45) is 0.427. The molecule has 0 atom stereocenters. The first-order chi connectivity index (χ1) is 10.5. The summed E-state index contributed by atoms with van der Waals surface area (Å²) in [5.41, 5.74) is 2.81. The molecular weight excluding hydrogens is 281 g/mol. The number of aromatic nitrogens is 1. The second kappa shape index (κ2) is 5.72. The molecule has 0 aliphatic carbocycles. The van der Waals surface area contributed by atoms with Gasteiger partial charge in [-0.3, -0.25) is 4.79 Å². The molecule has 0 radical (unpaired) electrons. The minimum Gasteiger partial charge on any atom is -0.436 e. The molecular formula is C18H16FNO2. The van der Waals surface area contributed by atoms with E-state index in [4.69, 9.17) is 4.42 Å². The first-order valence-electron chi connectivity index (χ1n) is 7.21. The van der Waals surface area contributed by atoms with E-state index in [-0.39, 0.29) is 17.5 Å². The van der Waals surface area contributed by atoms with Crippen LogP contribution in [0.3, 0.4) is 0 Å². The van der Waals surface area contributed by atoms with E-state index in [1.165, 1.54) is 12.1 Å². The monoisotopic (exact) mass is 297 g/mol. The molecule has 112 valence electrons. The number of hydrogen-bond donors (Lipinski definition) is 0. The van der Waals surface area contributed by atoms with Crippen molar-refractivity contribution in [1.29, 1.82) is 0 Å². The van der Waals surface area contributed by atoms with Gasteiger partial charge in [-0.15, -0.1) is 0 Å². The highest BCUT2D eigenvalue weighted by Gasteiger charge is 2.11. The van der Waals surface area contributed by atoms with Crippen molar-refractivity contribution in [1.82, 2.24) is 4.98 Å². The van der Waals surface area contributed by atoms with E-state index < -0.39 is 0 Å². The summed E-state index contributed by atoms with van der Waals surface area (Å²) in [7, 11) is 0. The van der Waals surface area contributed by atoms with Crippen molar-refractivity contribution in [3.63, 3.8) is 0 Å². The predicted molar refractivity (Wildman–Crippen MR) is 83.0 cm³/mol. The number of halogens is 1. The fourth-order valence-electron chi connectivity index (χ4n) is 2.19. The van der Waals surface area contributed by atoms with E-state index in [1.807, 2.05) is 38.1 Å². The Hall–Kier alpha value is -2.49. The number of carbonyl (C=O) groups excluding carboxylic acids is 1. The summed E-state index contributed by atoms with van der Waals surface area (Å²) in [6, 6.07) is 11.8. The van der Waals surface area contributed by atoms with Gasteiger partial charge < -0.3 is 4.42 Å². The first kappa shape index (κ1) is 14.4. The lowest BCUT2D eigenvalue weighted by atomic mass is 10.0. The van der Waals surface area contributed by atoms with Gasteiger partial charge in [0.05, 0.1) is 0 Å². The van der Waals surface area contributed by atoms with E-state index in [0.29, 0.717) is 23.4 Å². The first-order valence-corrected chi connectivity index (χ1v) is 7.21. The molecule has 0 aliphatic heterocycles. The summed E-state index contributed by atoms with van der Waals surface area (Å²) < 4.78 is 18.7. The van der Waals surface area contributed by atoms with Crippen LogP contribution in [0.2, 0.25) is 0 Å². The van der Waals surface area contributed by atoms with Gasteiger partial charge in [-0.05, 0) is 29.8 Å². The Balaban J connectivity index is 1.86. The van der Waals surface area contributed by atoms with Crippen LogP contribution in [0.4, 0.5) is 4.39 Å². The SMILES string of the molecule is CC(C)C(=O)Cc1ccc(-c2nc3ccc(F)cc3o2)cc1. The summed E-state index contributed by atoms with van der Waals surface area (Å²) in [6.45, 7) is 3.79. The molecule has 1 aromatic heterocycles. The van der Waals surface area contributed by atoms with Crippen molar-refractivity contribution in [2.24, 2.45) is 5.92 Å². The number of fused-ring (bicyclic) bond motifs is 1. The summed E-state index contributed by atoms with van der Waals surface area (Å²) in [5, 5.41) is 0. The lowest BCUT2D eigenvalue weighted by Crippen LogP contribution is -2.09. The van der Waals surface area contributed by atoms with Crippen molar-refractivity contribution in [3.8, 4) is 11.5 Å². The minimum absolute atomic E-state index is 0.0339. The molecule has 0 aliphatic rings. The van der Waals surface area contributed by atoms with Crippen LogP contribution in [-0.2, 0) is 11.2 Å². The van der Waals surface area contributed by atoms with Crippen molar-refractivity contribution < 1.29 is 13.6 Å². The Labute approximate surface area is 127 Å². The molecule has 0 unspecified atom stereocenters. The Kier molecular flexibility index (Phi) is 3.75. The summed E-state index contributed by atoms with van der Waals surface area (Å²) in [4.78, 5) is 16.1. The highest BCUT2D eigenvalue weighted by atomic mass is 19.1. The molecule has 4 heteroatoms. The van der Waals surface area contributed by atoms with Crippen molar-refractivity contribution in [2.45, 2.75) is 20.3 Å². The number of rotatable bonds is 4. The zero-order valence-corrected chi connectivity index (χ0v) is 12.5. The maximum Gasteiger partial charge on any atom is 0.227 e. The number of Topliss-reactive ketones (excluding diaryl/α,β-unsaturated/α-hetero) is 1. The van der Waals surface area contributed by atoms with Gasteiger partial charge in [-0.1, -0.05) is 26.0 Å². The van der Waals surface area contributed by atoms with Gasteiger partial charge in [-0.2, -0.15) is 0 Å². The van der Waals surface area contributed by atoms with Gasteiger partial charge in [0.2, 0.25) is 5.89 Å². The lowest BCUT2D eigenvalue weighted by molar-refractivity contribution is -0.121. The predicted octanol–water partition coefficient (Wildman–Crippen LogP) is 4.40. The third kappa shape index (κ3) is 2.91. The molecule has 0 spiro atoms. The van der Waals surface area contributed by atoms with Gasteiger partial charge in [0, 0.05) is 24.0 Å². The third-order valence-corrected chi connectivity index (χ3v) is 3.57. The molecule has 3 rings (SSSR count). The number of ketones is 1. The van der Waals surface area contributed by atoms with E-state index in [1.54, 1.807) is 6.07 Å². The van der Waals surface area contributed by atoms with E-state index >= 15 is 0 Å². The van der Waals surface area contributed by atoms with Crippen LogP contribution in [0.1, 0.15) is 19.4 Å². The van der Waals surface area contributed by atoms with Crippen molar-refractivity contribution in [2.75, 3.05) is 0 Å². The fraction of sp³-hybridized carbons (Fsp3) is 0.222. The Morgan fingerprint density at radius 1 is 1.18 bits per heavy atom. The van der Waals surface area contributed by atoms with Gasteiger partial charge in [0.1, 0.15) is 17.1 Å². The topological polar surface area (TPSA) is 43.1 Å². The largest absolute Gasteiger partial charge is 0.436 e. The second-order valence-corrected chi connectivity index (χ2v) is 5.63. The molecule has 0 saturated carbocycles. The molecule has 0 saturated heterocycles. The number of carbonyl (C=O) groups is 1. The van der Waals surface area contributed by atoms with Gasteiger partial charge in [0.15, 0.2) is 5.58 Å². The minimum atomic E-state index is -0.349. The molecule has 0 N–H and O–H groups in total.